The first-order chi connectivity index (χ1) is 8.18. The lowest BCUT2D eigenvalue weighted by Crippen LogP contribution is -2.43. The fourth-order valence-electron chi connectivity index (χ4n) is 1.86. The van der Waals surface area contributed by atoms with Crippen LogP contribution in [0.2, 0.25) is 0 Å². The van der Waals surface area contributed by atoms with Crippen LogP contribution in [0.1, 0.15) is 20.3 Å². The van der Waals surface area contributed by atoms with Gasteiger partial charge in [-0.3, -0.25) is 4.90 Å². The predicted molar refractivity (Wildman–Crippen MR) is 67.6 cm³/mol. The van der Waals surface area contributed by atoms with Crippen LogP contribution in [0.15, 0.2) is 24.3 Å². The smallest absolute Gasteiger partial charge is 0.322 e. The molecule has 1 aliphatic rings. The molecule has 92 valence electrons. The Kier molecular flexibility index (Phi) is 3.52. The first-order valence-corrected chi connectivity index (χ1v) is 5.98. The van der Waals surface area contributed by atoms with Crippen molar-refractivity contribution in [3.63, 3.8) is 0 Å². The molecule has 0 aliphatic carbocycles. The van der Waals surface area contributed by atoms with Gasteiger partial charge in [-0.1, -0.05) is 12.1 Å². The Labute approximate surface area is 102 Å². The van der Waals surface area contributed by atoms with Gasteiger partial charge in [0.2, 0.25) is 0 Å². The zero-order chi connectivity index (χ0) is 12.3. The third kappa shape index (κ3) is 2.70. The van der Waals surface area contributed by atoms with Crippen molar-refractivity contribution in [3.05, 3.63) is 24.3 Å². The number of anilines is 1. The number of para-hydroxylation sites is 2. The van der Waals surface area contributed by atoms with Crippen LogP contribution in [0.5, 0.6) is 5.75 Å². The van der Waals surface area contributed by atoms with Crippen molar-refractivity contribution in [3.8, 4) is 5.75 Å². The number of carbonyl (C=O) groups is 1. The summed E-state index contributed by atoms with van der Waals surface area (Å²) < 4.78 is 5.61. The minimum atomic E-state index is -0.0575. The van der Waals surface area contributed by atoms with Gasteiger partial charge in [-0.25, -0.2) is 4.79 Å². The fourth-order valence-corrected chi connectivity index (χ4v) is 1.86. The van der Waals surface area contributed by atoms with E-state index in [0.717, 1.165) is 17.9 Å². The number of urea groups is 1. The summed E-state index contributed by atoms with van der Waals surface area (Å²) in [5, 5.41) is 2.91. The summed E-state index contributed by atoms with van der Waals surface area (Å²) in [5.74, 6) is 0.781. The molecular formula is C13H18N2O2. The van der Waals surface area contributed by atoms with Gasteiger partial charge >= 0.3 is 6.03 Å². The van der Waals surface area contributed by atoms with Gasteiger partial charge in [0.1, 0.15) is 5.75 Å². The Balaban J connectivity index is 2.25. The second kappa shape index (κ2) is 5.08. The molecule has 0 fully saturated rings. The summed E-state index contributed by atoms with van der Waals surface area (Å²) in [4.78, 5) is 13.8. The third-order valence-corrected chi connectivity index (χ3v) is 2.60. The van der Waals surface area contributed by atoms with Crippen LogP contribution in [0.4, 0.5) is 10.5 Å². The van der Waals surface area contributed by atoms with E-state index < -0.39 is 0 Å². The first-order valence-electron chi connectivity index (χ1n) is 5.98. The highest BCUT2D eigenvalue weighted by Gasteiger charge is 2.21. The number of benzene rings is 1. The molecule has 1 aliphatic heterocycles. The van der Waals surface area contributed by atoms with E-state index in [9.17, 15) is 4.79 Å². The maximum atomic E-state index is 12.1. The summed E-state index contributed by atoms with van der Waals surface area (Å²) >= 11 is 0. The van der Waals surface area contributed by atoms with E-state index in [0.29, 0.717) is 13.2 Å². The highest BCUT2D eigenvalue weighted by molar-refractivity contribution is 5.93. The minimum Gasteiger partial charge on any atom is -0.491 e. The van der Waals surface area contributed by atoms with Crippen molar-refractivity contribution < 1.29 is 9.53 Å². The highest BCUT2D eigenvalue weighted by atomic mass is 16.5. The predicted octanol–water partition coefficient (Wildman–Crippen LogP) is 2.39. The van der Waals surface area contributed by atoms with Crippen LogP contribution in [-0.4, -0.2) is 25.2 Å². The second-order valence-corrected chi connectivity index (χ2v) is 4.43. The van der Waals surface area contributed by atoms with E-state index in [1.54, 1.807) is 4.90 Å². The molecule has 0 aromatic heterocycles. The second-order valence-electron chi connectivity index (χ2n) is 4.43. The number of fused-ring (bicyclic) bond motifs is 1. The van der Waals surface area contributed by atoms with Crippen LogP contribution in [0, 0.1) is 0 Å². The van der Waals surface area contributed by atoms with E-state index >= 15 is 0 Å². The Bertz CT molecular complexity index is 404. The lowest BCUT2D eigenvalue weighted by atomic mass is 10.2. The van der Waals surface area contributed by atoms with E-state index in [1.165, 1.54) is 0 Å². The standard InChI is InChI=1S/C13H18N2O2/c1-10(2)14-13(16)15-8-5-9-17-12-7-4-3-6-11(12)15/h3-4,6-7,10H,5,8-9H2,1-2H3,(H,14,16). The Morgan fingerprint density at radius 2 is 2.18 bits per heavy atom. The molecular weight excluding hydrogens is 216 g/mol. The summed E-state index contributed by atoms with van der Waals surface area (Å²) in [5.41, 5.74) is 0.850. The number of rotatable bonds is 1. The first kappa shape index (κ1) is 11.8. The Morgan fingerprint density at radius 1 is 1.41 bits per heavy atom. The van der Waals surface area contributed by atoms with Crippen LogP contribution in [0.3, 0.4) is 0 Å². The molecule has 4 heteroatoms. The van der Waals surface area contributed by atoms with Crippen molar-refractivity contribution >= 4 is 11.7 Å². The summed E-state index contributed by atoms with van der Waals surface area (Å²) in [6, 6.07) is 7.74. The van der Waals surface area contributed by atoms with E-state index in [4.69, 9.17) is 4.74 Å². The third-order valence-electron chi connectivity index (χ3n) is 2.60. The maximum absolute atomic E-state index is 12.1. The number of hydrogen-bond donors (Lipinski definition) is 1. The Hall–Kier alpha value is -1.71. The molecule has 1 aromatic rings. The van der Waals surface area contributed by atoms with Crippen LogP contribution < -0.4 is 15.0 Å². The number of nitrogens with zero attached hydrogens (tertiary/aromatic N) is 1. The largest absolute Gasteiger partial charge is 0.491 e. The fraction of sp³-hybridized carbons (Fsp3) is 0.462. The van der Waals surface area contributed by atoms with Gasteiger partial charge in [-0.2, -0.15) is 0 Å². The monoisotopic (exact) mass is 234 g/mol. The molecule has 0 radical (unpaired) electrons. The van der Waals surface area contributed by atoms with E-state index in [2.05, 4.69) is 5.32 Å². The SMILES string of the molecule is CC(C)NC(=O)N1CCCOc2ccccc21. The molecule has 4 nitrogen and oxygen atoms in total. The van der Waals surface area contributed by atoms with Crippen LogP contribution >= 0.6 is 0 Å². The summed E-state index contributed by atoms with van der Waals surface area (Å²) in [6.07, 6.45) is 0.847. The molecule has 0 unspecified atom stereocenters. The van der Waals surface area contributed by atoms with Gasteiger partial charge in [-0.15, -0.1) is 0 Å². The average molecular weight is 234 g/mol. The number of amides is 2. The maximum Gasteiger partial charge on any atom is 0.322 e. The molecule has 0 bridgehead atoms. The van der Waals surface area contributed by atoms with E-state index in [1.807, 2.05) is 38.1 Å². The van der Waals surface area contributed by atoms with Gasteiger partial charge in [-0.05, 0) is 32.4 Å². The Morgan fingerprint density at radius 3 is 2.94 bits per heavy atom. The van der Waals surface area contributed by atoms with Gasteiger partial charge in [0.15, 0.2) is 0 Å². The van der Waals surface area contributed by atoms with E-state index in [-0.39, 0.29) is 12.1 Å². The molecule has 1 heterocycles. The molecule has 0 spiro atoms. The topological polar surface area (TPSA) is 41.6 Å². The lowest BCUT2D eigenvalue weighted by Gasteiger charge is -2.23. The van der Waals surface area contributed by atoms with Crippen LogP contribution in [0.25, 0.3) is 0 Å². The number of hydrogen-bond acceptors (Lipinski definition) is 2. The van der Waals surface area contributed by atoms with Gasteiger partial charge in [0.05, 0.1) is 12.3 Å². The van der Waals surface area contributed by atoms with Gasteiger partial charge in [0.25, 0.3) is 0 Å². The van der Waals surface area contributed by atoms with Crippen molar-refractivity contribution in [2.24, 2.45) is 0 Å². The molecule has 1 N–H and O–H groups in total. The molecule has 1 aromatic carbocycles. The zero-order valence-corrected chi connectivity index (χ0v) is 10.3. The molecule has 0 saturated carbocycles. The van der Waals surface area contributed by atoms with Crippen molar-refractivity contribution in [1.82, 2.24) is 5.32 Å². The lowest BCUT2D eigenvalue weighted by molar-refractivity contribution is 0.244. The van der Waals surface area contributed by atoms with Gasteiger partial charge in [0, 0.05) is 12.6 Å². The van der Waals surface area contributed by atoms with Crippen molar-refractivity contribution in [1.29, 1.82) is 0 Å². The number of carbonyl (C=O) groups excluding carboxylic acids is 1. The van der Waals surface area contributed by atoms with Gasteiger partial charge < -0.3 is 10.1 Å². The van der Waals surface area contributed by atoms with Crippen molar-refractivity contribution in [2.75, 3.05) is 18.1 Å². The molecule has 2 amide bonds. The molecule has 2 rings (SSSR count). The summed E-state index contributed by atoms with van der Waals surface area (Å²) in [7, 11) is 0. The minimum absolute atomic E-state index is 0.0575. The van der Waals surface area contributed by atoms with Crippen molar-refractivity contribution in [2.45, 2.75) is 26.3 Å². The number of nitrogens with one attached hydrogen (secondary N) is 1. The highest BCUT2D eigenvalue weighted by Crippen LogP contribution is 2.30. The normalized spacial score (nSPS) is 14.9. The average Bonchev–Trinajstić information content (AvgIpc) is 2.50. The van der Waals surface area contributed by atoms with Crippen LogP contribution in [-0.2, 0) is 0 Å². The molecule has 17 heavy (non-hydrogen) atoms. The molecule has 0 saturated heterocycles. The molecule has 0 atom stereocenters. The quantitative estimate of drug-likeness (QED) is 0.810. The summed E-state index contributed by atoms with van der Waals surface area (Å²) in [6.45, 7) is 5.26. The zero-order valence-electron chi connectivity index (χ0n) is 10.3. The number of ether oxygens (including phenoxy) is 1.